The van der Waals surface area contributed by atoms with E-state index in [2.05, 4.69) is 23.8 Å². The molecule has 1 atom stereocenters. The largest absolute Gasteiger partial charge is 0.385 e. The van der Waals surface area contributed by atoms with Crippen molar-refractivity contribution in [3.8, 4) is 0 Å². The van der Waals surface area contributed by atoms with Gasteiger partial charge in [-0.25, -0.2) is 0 Å². The number of rotatable bonds is 6. The molecule has 0 radical (unpaired) electrons. The molecule has 1 aromatic rings. The molecule has 3 N–H and O–H groups in total. The lowest BCUT2D eigenvalue weighted by Crippen LogP contribution is -2.28. The fourth-order valence-electron chi connectivity index (χ4n) is 1.52. The third-order valence-electron chi connectivity index (χ3n) is 2.32. The average Bonchev–Trinajstić information content (AvgIpc) is 2.60. The van der Waals surface area contributed by atoms with E-state index in [1.165, 1.54) is 10.4 Å². The van der Waals surface area contributed by atoms with Gasteiger partial charge in [0, 0.05) is 24.6 Å². The molecule has 0 amide bonds. The number of hydrogen-bond acceptors (Lipinski definition) is 4. The summed E-state index contributed by atoms with van der Waals surface area (Å²) < 4.78 is 5.02. The van der Waals surface area contributed by atoms with E-state index in [0.29, 0.717) is 0 Å². The first-order valence-electron chi connectivity index (χ1n) is 4.78. The van der Waals surface area contributed by atoms with Gasteiger partial charge >= 0.3 is 0 Å². The highest BCUT2D eigenvalue weighted by atomic mass is 32.1. The minimum atomic E-state index is 0.261. The Bertz CT molecular complexity index is 262. The number of hydrazine groups is 1. The lowest BCUT2D eigenvalue weighted by molar-refractivity contribution is 0.189. The van der Waals surface area contributed by atoms with Crippen LogP contribution in [0.4, 0.5) is 0 Å². The molecular formula is C10H18N2OS. The van der Waals surface area contributed by atoms with Gasteiger partial charge in [-0.1, -0.05) is 0 Å². The fourth-order valence-corrected chi connectivity index (χ4v) is 2.28. The van der Waals surface area contributed by atoms with E-state index < -0.39 is 0 Å². The lowest BCUT2D eigenvalue weighted by Gasteiger charge is -2.15. The number of methoxy groups -OCH3 is 1. The van der Waals surface area contributed by atoms with Crippen molar-refractivity contribution in [1.82, 2.24) is 5.43 Å². The van der Waals surface area contributed by atoms with Crippen molar-refractivity contribution < 1.29 is 4.74 Å². The molecule has 0 aliphatic heterocycles. The van der Waals surface area contributed by atoms with Gasteiger partial charge in [-0.3, -0.25) is 11.3 Å². The Kier molecular flexibility index (Phi) is 5.11. The number of ether oxygens (including phenoxy) is 1. The van der Waals surface area contributed by atoms with Crippen LogP contribution in [-0.2, 0) is 4.74 Å². The molecule has 0 aliphatic carbocycles. The Morgan fingerprint density at radius 2 is 2.43 bits per heavy atom. The summed E-state index contributed by atoms with van der Waals surface area (Å²) in [5.74, 6) is 5.53. The average molecular weight is 214 g/mol. The SMILES string of the molecule is COCCCC(NN)c1ccsc1C. The van der Waals surface area contributed by atoms with Crippen LogP contribution in [0.15, 0.2) is 11.4 Å². The number of nitrogens with one attached hydrogen (secondary N) is 1. The van der Waals surface area contributed by atoms with Crippen LogP contribution in [0.25, 0.3) is 0 Å². The highest BCUT2D eigenvalue weighted by molar-refractivity contribution is 7.10. The van der Waals surface area contributed by atoms with Gasteiger partial charge in [-0.15, -0.1) is 11.3 Å². The van der Waals surface area contributed by atoms with Crippen molar-refractivity contribution in [1.29, 1.82) is 0 Å². The minimum Gasteiger partial charge on any atom is -0.385 e. The Balaban J connectivity index is 2.50. The molecule has 0 saturated carbocycles. The van der Waals surface area contributed by atoms with Crippen LogP contribution in [0.5, 0.6) is 0 Å². The maximum Gasteiger partial charge on any atom is 0.0471 e. The van der Waals surface area contributed by atoms with Crippen LogP contribution < -0.4 is 11.3 Å². The number of hydrogen-bond donors (Lipinski definition) is 2. The minimum absolute atomic E-state index is 0.261. The van der Waals surface area contributed by atoms with E-state index in [1.54, 1.807) is 18.4 Å². The maximum absolute atomic E-state index is 5.53. The van der Waals surface area contributed by atoms with Crippen LogP contribution in [0, 0.1) is 6.92 Å². The first-order chi connectivity index (χ1) is 6.79. The molecule has 3 nitrogen and oxygen atoms in total. The predicted molar refractivity (Wildman–Crippen MR) is 60.2 cm³/mol. The normalized spacial score (nSPS) is 13.1. The second kappa shape index (κ2) is 6.14. The second-order valence-corrected chi connectivity index (χ2v) is 4.41. The Morgan fingerprint density at radius 3 is 2.93 bits per heavy atom. The molecule has 4 heteroatoms. The predicted octanol–water partition coefficient (Wildman–Crippen LogP) is 1.99. The Hall–Kier alpha value is -0.420. The first kappa shape index (κ1) is 11.7. The number of nitrogens with two attached hydrogens (primary N) is 1. The van der Waals surface area contributed by atoms with E-state index in [9.17, 15) is 0 Å². The van der Waals surface area contributed by atoms with Gasteiger partial charge in [0.15, 0.2) is 0 Å². The number of aryl methyl sites for hydroxylation is 1. The molecule has 1 unspecified atom stereocenters. The molecule has 0 fully saturated rings. The monoisotopic (exact) mass is 214 g/mol. The highest BCUT2D eigenvalue weighted by Crippen LogP contribution is 2.25. The molecule has 0 spiro atoms. The summed E-state index contributed by atoms with van der Waals surface area (Å²) >= 11 is 1.76. The fraction of sp³-hybridized carbons (Fsp3) is 0.600. The Labute approximate surface area is 89.2 Å². The molecule has 14 heavy (non-hydrogen) atoms. The molecule has 1 heterocycles. The molecule has 0 aromatic carbocycles. The summed E-state index contributed by atoms with van der Waals surface area (Å²) in [4.78, 5) is 1.34. The highest BCUT2D eigenvalue weighted by Gasteiger charge is 2.12. The van der Waals surface area contributed by atoms with Gasteiger partial charge < -0.3 is 4.74 Å². The third kappa shape index (κ3) is 3.06. The first-order valence-corrected chi connectivity index (χ1v) is 5.66. The van der Waals surface area contributed by atoms with Gasteiger partial charge in [0.1, 0.15) is 0 Å². The van der Waals surface area contributed by atoms with Crippen molar-refractivity contribution in [2.75, 3.05) is 13.7 Å². The van der Waals surface area contributed by atoms with Crippen molar-refractivity contribution in [2.24, 2.45) is 5.84 Å². The van der Waals surface area contributed by atoms with Gasteiger partial charge in [0.05, 0.1) is 0 Å². The van der Waals surface area contributed by atoms with Crippen LogP contribution >= 0.6 is 11.3 Å². The van der Waals surface area contributed by atoms with E-state index in [-0.39, 0.29) is 6.04 Å². The van der Waals surface area contributed by atoms with Crippen molar-refractivity contribution in [3.63, 3.8) is 0 Å². The molecular weight excluding hydrogens is 196 g/mol. The van der Waals surface area contributed by atoms with Gasteiger partial charge in [0.25, 0.3) is 0 Å². The molecule has 1 rings (SSSR count). The molecule has 80 valence electrons. The Morgan fingerprint density at radius 1 is 1.64 bits per heavy atom. The summed E-state index contributed by atoms with van der Waals surface area (Å²) in [6, 6.07) is 2.40. The van der Waals surface area contributed by atoms with Crippen LogP contribution in [0.2, 0.25) is 0 Å². The molecule has 0 bridgehead atoms. The van der Waals surface area contributed by atoms with E-state index >= 15 is 0 Å². The van der Waals surface area contributed by atoms with Gasteiger partial charge in [-0.05, 0) is 36.8 Å². The van der Waals surface area contributed by atoms with Crippen molar-refractivity contribution in [3.05, 3.63) is 21.9 Å². The topological polar surface area (TPSA) is 47.3 Å². The summed E-state index contributed by atoms with van der Waals surface area (Å²) in [6.45, 7) is 2.92. The maximum atomic E-state index is 5.53. The third-order valence-corrected chi connectivity index (χ3v) is 3.18. The van der Waals surface area contributed by atoms with Crippen LogP contribution in [0.1, 0.15) is 29.3 Å². The summed E-state index contributed by atoms with van der Waals surface area (Å²) in [5, 5.41) is 2.10. The molecule has 0 saturated heterocycles. The summed E-state index contributed by atoms with van der Waals surface area (Å²) in [5.41, 5.74) is 4.17. The zero-order valence-electron chi connectivity index (χ0n) is 8.75. The van der Waals surface area contributed by atoms with E-state index in [4.69, 9.17) is 10.6 Å². The van der Waals surface area contributed by atoms with E-state index in [0.717, 1.165) is 19.4 Å². The molecule has 1 aromatic heterocycles. The van der Waals surface area contributed by atoms with Gasteiger partial charge in [0.2, 0.25) is 0 Å². The smallest absolute Gasteiger partial charge is 0.0471 e. The lowest BCUT2D eigenvalue weighted by atomic mass is 10.0. The molecule has 0 aliphatic rings. The second-order valence-electron chi connectivity index (χ2n) is 3.29. The summed E-state index contributed by atoms with van der Waals surface area (Å²) in [6.07, 6.45) is 2.04. The number of thiophene rings is 1. The van der Waals surface area contributed by atoms with Crippen molar-refractivity contribution in [2.45, 2.75) is 25.8 Å². The zero-order valence-corrected chi connectivity index (χ0v) is 9.56. The van der Waals surface area contributed by atoms with Crippen LogP contribution in [0.3, 0.4) is 0 Å². The quantitative estimate of drug-likeness (QED) is 0.432. The standard InChI is InChI=1S/C10H18N2OS/c1-8-9(5-7-14-8)10(12-11)4-3-6-13-2/h5,7,10,12H,3-4,6,11H2,1-2H3. The van der Waals surface area contributed by atoms with Crippen LogP contribution in [-0.4, -0.2) is 13.7 Å². The summed E-state index contributed by atoms with van der Waals surface area (Å²) in [7, 11) is 1.72. The van der Waals surface area contributed by atoms with Crippen molar-refractivity contribution >= 4 is 11.3 Å². The van der Waals surface area contributed by atoms with E-state index in [1.807, 2.05) is 0 Å². The van der Waals surface area contributed by atoms with Gasteiger partial charge in [-0.2, -0.15) is 0 Å². The zero-order chi connectivity index (χ0) is 10.4.